The quantitative estimate of drug-likeness (QED) is 0.177. The summed E-state index contributed by atoms with van der Waals surface area (Å²) in [5.74, 6) is 1.61. The van der Waals surface area contributed by atoms with E-state index < -0.39 is 0 Å². The monoisotopic (exact) mass is 468 g/mol. The molecule has 0 saturated heterocycles. The van der Waals surface area contributed by atoms with E-state index in [1.54, 1.807) is 0 Å². The van der Waals surface area contributed by atoms with E-state index in [1.807, 2.05) is 50.4 Å². The van der Waals surface area contributed by atoms with Gasteiger partial charge >= 0.3 is 5.97 Å². The smallest absolute Gasteiger partial charge is 0.309 e. The number of hydrogen-bond donors (Lipinski definition) is 0. The van der Waals surface area contributed by atoms with E-state index in [0.717, 1.165) is 36.6 Å². The molecule has 1 unspecified atom stereocenters. The van der Waals surface area contributed by atoms with Crippen molar-refractivity contribution in [3.8, 4) is 5.75 Å². The summed E-state index contributed by atoms with van der Waals surface area (Å²) in [6.07, 6.45) is 12.4. The van der Waals surface area contributed by atoms with E-state index in [2.05, 4.69) is 28.9 Å². The molecule has 5 nitrogen and oxygen atoms in total. The van der Waals surface area contributed by atoms with Gasteiger partial charge in [-0.1, -0.05) is 70.6 Å². The van der Waals surface area contributed by atoms with Crippen molar-refractivity contribution >= 4 is 11.8 Å². The number of aromatic nitrogens is 1. The maximum absolute atomic E-state index is 12.2. The summed E-state index contributed by atoms with van der Waals surface area (Å²) >= 11 is 0. The number of rotatable bonds is 18. The fraction of sp³-hybridized carbons (Fsp3) is 0.586. The molecule has 0 radical (unpaired) electrons. The summed E-state index contributed by atoms with van der Waals surface area (Å²) < 4.78 is 11.3. The zero-order valence-corrected chi connectivity index (χ0v) is 21.5. The predicted molar refractivity (Wildman–Crippen MR) is 140 cm³/mol. The summed E-state index contributed by atoms with van der Waals surface area (Å²) in [6.45, 7) is 8.92. The Labute approximate surface area is 206 Å². The highest BCUT2D eigenvalue weighted by atomic mass is 16.5. The van der Waals surface area contributed by atoms with Crippen molar-refractivity contribution in [2.75, 3.05) is 31.2 Å². The highest BCUT2D eigenvalue weighted by Gasteiger charge is 2.18. The number of anilines is 1. The molecule has 1 aromatic heterocycles. The minimum Gasteiger partial charge on any atom is -0.492 e. The van der Waals surface area contributed by atoms with Crippen LogP contribution >= 0.6 is 0 Å². The first-order valence-corrected chi connectivity index (χ1v) is 13.2. The Kier molecular flexibility index (Phi) is 13.8. The summed E-state index contributed by atoms with van der Waals surface area (Å²) in [7, 11) is 0. The van der Waals surface area contributed by atoms with Gasteiger partial charge in [0.1, 0.15) is 18.2 Å². The molecule has 1 atom stereocenters. The number of carbonyl (C=O) groups excluding carboxylic acids is 1. The molecule has 0 bridgehead atoms. The average molecular weight is 469 g/mol. The maximum Gasteiger partial charge on any atom is 0.309 e. The van der Waals surface area contributed by atoms with Gasteiger partial charge in [0, 0.05) is 12.7 Å². The summed E-state index contributed by atoms with van der Waals surface area (Å²) in [5.41, 5.74) is 1.10. The third-order valence-electron chi connectivity index (χ3n) is 6.13. The van der Waals surface area contributed by atoms with Crippen LogP contribution in [0, 0.1) is 5.92 Å². The van der Waals surface area contributed by atoms with Crippen LogP contribution in [0.4, 0.5) is 5.82 Å². The Morgan fingerprint density at radius 1 is 0.941 bits per heavy atom. The Morgan fingerprint density at radius 3 is 2.44 bits per heavy atom. The number of hydrogen-bond acceptors (Lipinski definition) is 5. The summed E-state index contributed by atoms with van der Waals surface area (Å²) in [5, 5.41) is 0. The fourth-order valence-corrected chi connectivity index (χ4v) is 4.12. The van der Waals surface area contributed by atoms with Gasteiger partial charge in [-0.25, -0.2) is 4.98 Å². The van der Waals surface area contributed by atoms with Crippen molar-refractivity contribution in [1.82, 2.24) is 4.98 Å². The van der Waals surface area contributed by atoms with E-state index in [0.29, 0.717) is 19.6 Å². The van der Waals surface area contributed by atoms with Crippen molar-refractivity contribution in [3.63, 3.8) is 0 Å². The second-order valence-corrected chi connectivity index (χ2v) is 8.85. The van der Waals surface area contributed by atoms with Gasteiger partial charge in [-0.2, -0.15) is 0 Å². The number of pyridine rings is 1. The highest BCUT2D eigenvalue weighted by molar-refractivity contribution is 5.72. The van der Waals surface area contributed by atoms with Crippen LogP contribution in [0.5, 0.6) is 5.75 Å². The molecule has 0 aliphatic rings. The molecular weight excluding hydrogens is 424 g/mol. The third-order valence-corrected chi connectivity index (χ3v) is 6.13. The topological polar surface area (TPSA) is 51.7 Å². The van der Waals surface area contributed by atoms with Gasteiger partial charge in [-0.05, 0) is 56.0 Å². The van der Waals surface area contributed by atoms with E-state index >= 15 is 0 Å². The van der Waals surface area contributed by atoms with Crippen LogP contribution in [-0.4, -0.2) is 37.3 Å². The largest absolute Gasteiger partial charge is 0.492 e. The second kappa shape index (κ2) is 17.0. The van der Waals surface area contributed by atoms with E-state index in [-0.39, 0.29) is 11.9 Å². The zero-order chi connectivity index (χ0) is 24.4. The van der Waals surface area contributed by atoms with Gasteiger partial charge in [0.25, 0.3) is 0 Å². The van der Waals surface area contributed by atoms with Crippen LogP contribution in [0.25, 0.3) is 0 Å². The number of carbonyl (C=O) groups is 1. The second-order valence-electron chi connectivity index (χ2n) is 8.85. The zero-order valence-electron chi connectivity index (χ0n) is 21.5. The molecule has 0 spiro atoms. The molecule has 1 heterocycles. The SMILES string of the molecule is CCCCCCCCCN(CCOc1cccc(CC(CC)C(=O)OCC)c1)c1ccccn1. The van der Waals surface area contributed by atoms with Crippen molar-refractivity contribution in [3.05, 3.63) is 54.2 Å². The lowest BCUT2D eigenvalue weighted by Gasteiger charge is -2.24. The maximum atomic E-state index is 12.2. The number of esters is 1. The van der Waals surface area contributed by atoms with Gasteiger partial charge in [-0.3, -0.25) is 4.79 Å². The predicted octanol–water partition coefficient (Wildman–Crippen LogP) is 6.85. The van der Waals surface area contributed by atoms with E-state index in [4.69, 9.17) is 9.47 Å². The molecule has 188 valence electrons. The van der Waals surface area contributed by atoms with Crippen molar-refractivity contribution in [2.24, 2.45) is 5.92 Å². The van der Waals surface area contributed by atoms with Gasteiger partial charge in [0.05, 0.1) is 19.1 Å². The number of benzene rings is 1. The van der Waals surface area contributed by atoms with Gasteiger partial charge in [0.2, 0.25) is 0 Å². The first-order chi connectivity index (χ1) is 16.7. The third kappa shape index (κ3) is 10.6. The van der Waals surface area contributed by atoms with Gasteiger partial charge < -0.3 is 14.4 Å². The summed E-state index contributed by atoms with van der Waals surface area (Å²) in [4.78, 5) is 19.0. The Morgan fingerprint density at radius 2 is 1.74 bits per heavy atom. The van der Waals surface area contributed by atoms with Crippen molar-refractivity contribution < 1.29 is 14.3 Å². The number of ether oxygens (including phenoxy) is 2. The van der Waals surface area contributed by atoms with Crippen molar-refractivity contribution in [2.45, 2.75) is 78.6 Å². The Bertz CT molecular complexity index is 797. The van der Waals surface area contributed by atoms with Crippen LogP contribution in [0.15, 0.2) is 48.7 Å². The molecular formula is C29H44N2O3. The average Bonchev–Trinajstić information content (AvgIpc) is 2.86. The number of unbranched alkanes of at least 4 members (excludes halogenated alkanes) is 6. The van der Waals surface area contributed by atoms with Crippen LogP contribution in [0.3, 0.4) is 0 Å². The lowest BCUT2D eigenvalue weighted by Crippen LogP contribution is -2.30. The van der Waals surface area contributed by atoms with Gasteiger partial charge in [-0.15, -0.1) is 0 Å². The van der Waals surface area contributed by atoms with Crippen LogP contribution in [0.2, 0.25) is 0 Å². The minimum atomic E-state index is -0.118. The molecule has 1 aromatic carbocycles. The first kappa shape index (κ1) is 27.7. The van der Waals surface area contributed by atoms with Gasteiger partial charge in [0.15, 0.2) is 0 Å². The molecule has 5 heteroatoms. The standard InChI is InChI=1S/C29H44N2O3/c1-4-7-8-9-10-11-14-20-31(28-18-12-13-19-30-28)21-22-34-27-17-15-16-25(24-27)23-26(5-2)29(32)33-6-3/h12-13,15-19,24,26H,4-11,14,20-23H2,1-3H3. The van der Waals surface area contributed by atoms with Crippen LogP contribution in [-0.2, 0) is 16.0 Å². The molecule has 0 fully saturated rings. The molecule has 2 aromatic rings. The molecule has 0 saturated carbocycles. The normalized spacial score (nSPS) is 11.7. The Balaban J connectivity index is 1.85. The van der Waals surface area contributed by atoms with E-state index in [1.165, 1.54) is 44.9 Å². The molecule has 0 amide bonds. The number of nitrogens with zero attached hydrogens (tertiary/aromatic N) is 2. The molecule has 34 heavy (non-hydrogen) atoms. The molecule has 2 rings (SSSR count). The highest BCUT2D eigenvalue weighted by Crippen LogP contribution is 2.20. The van der Waals surface area contributed by atoms with Crippen molar-refractivity contribution in [1.29, 1.82) is 0 Å². The minimum absolute atomic E-state index is 0.114. The lowest BCUT2D eigenvalue weighted by molar-refractivity contribution is -0.148. The molecule has 0 N–H and O–H groups in total. The van der Waals surface area contributed by atoms with E-state index in [9.17, 15) is 4.79 Å². The Hall–Kier alpha value is -2.56. The van der Waals surface area contributed by atoms with Crippen LogP contribution in [0.1, 0.15) is 77.7 Å². The fourth-order valence-electron chi connectivity index (χ4n) is 4.12. The molecule has 0 aliphatic carbocycles. The lowest BCUT2D eigenvalue weighted by atomic mass is 9.97. The van der Waals surface area contributed by atoms with Crippen LogP contribution < -0.4 is 9.64 Å². The summed E-state index contributed by atoms with van der Waals surface area (Å²) in [6, 6.07) is 14.1. The first-order valence-electron chi connectivity index (χ1n) is 13.2. The molecule has 0 aliphatic heterocycles.